The van der Waals surface area contributed by atoms with Gasteiger partial charge in [-0.05, 0) is 26.7 Å². The lowest BCUT2D eigenvalue weighted by molar-refractivity contribution is -0.124. The van der Waals surface area contributed by atoms with Crippen LogP contribution in [0.5, 0.6) is 0 Å². The third kappa shape index (κ3) is 3.45. The van der Waals surface area contributed by atoms with Gasteiger partial charge in [0.1, 0.15) is 0 Å². The standard InChI is InChI=1S/C14H28N2O2/c1-7-13(2,3)16-12(17)9-15-10-8-11(18-6)14(10,4)5/h10-11,15H,7-9H2,1-6H3,(H,16,17). The van der Waals surface area contributed by atoms with Gasteiger partial charge in [0.2, 0.25) is 5.91 Å². The highest BCUT2D eigenvalue weighted by Gasteiger charge is 2.48. The van der Waals surface area contributed by atoms with Crippen LogP contribution in [0.1, 0.15) is 47.5 Å². The van der Waals surface area contributed by atoms with Crippen LogP contribution in [0.4, 0.5) is 0 Å². The molecule has 4 heteroatoms. The molecule has 0 radical (unpaired) electrons. The Kier molecular flexibility index (Phi) is 4.78. The maximum absolute atomic E-state index is 11.8. The van der Waals surface area contributed by atoms with Crippen molar-refractivity contribution in [3.8, 4) is 0 Å². The van der Waals surface area contributed by atoms with Crippen LogP contribution in [0.25, 0.3) is 0 Å². The number of hydrogen-bond acceptors (Lipinski definition) is 3. The van der Waals surface area contributed by atoms with Crippen LogP contribution in [0.2, 0.25) is 0 Å². The van der Waals surface area contributed by atoms with E-state index in [1.165, 1.54) is 0 Å². The minimum atomic E-state index is -0.122. The number of nitrogens with one attached hydrogen (secondary N) is 2. The first-order valence-corrected chi connectivity index (χ1v) is 6.80. The molecule has 18 heavy (non-hydrogen) atoms. The van der Waals surface area contributed by atoms with Crippen molar-refractivity contribution in [2.24, 2.45) is 5.41 Å². The second kappa shape index (κ2) is 5.57. The molecule has 0 spiro atoms. The summed E-state index contributed by atoms with van der Waals surface area (Å²) in [6.45, 7) is 10.9. The highest BCUT2D eigenvalue weighted by molar-refractivity contribution is 5.78. The van der Waals surface area contributed by atoms with Crippen LogP contribution in [-0.2, 0) is 9.53 Å². The minimum absolute atomic E-state index is 0.0681. The molecule has 0 saturated heterocycles. The van der Waals surface area contributed by atoms with E-state index in [1.807, 2.05) is 13.8 Å². The predicted octanol–water partition coefficient (Wildman–Crippen LogP) is 1.69. The molecule has 4 nitrogen and oxygen atoms in total. The Morgan fingerprint density at radius 3 is 2.50 bits per heavy atom. The van der Waals surface area contributed by atoms with Gasteiger partial charge in [0.15, 0.2) is 0 Å². The zero-order chi connectivity index (χ0) is 14.0. The van der Waals surface area contributed by atoms with Gasteiger partial charge >= 0.3 is 0 Å². The van der Waals surface area contributed by atoms with Gasteiger partial charge < -0.3 is 15.4 Å². The number of amides is 1. The second-order valence-electron chi connectivity index (χ2n) is 6.50. The van der Waals surface area contributed by atoms with Crippen LogP contribution >= 0.6 is 0 Å². The number of carbonyl (C=O) groups excluding carboxylic acids is 1. The third-order valence-corrected chi connectivity index (χ3v) is 4.33. The Morgan fingerprint density at radius 2 is 2.06 bits per heavy atom. The van der Waals surface area contributed by atoms with Gasteiger partial charge in [-0.1, -0.05) is 20.8 Å². The van der Waals surface area contributed by atoms with Gasteiger partial charge in [-0.15, -0.1) is 0 Å². The summed E-state index contributed by atoms with van der Waals surface area (Å²) in [6.07, 6.45) is 2.21. The van der Waals surface area contributed by atoms with Crippen LogP contribution in [-0.4, -0.2) is 37.2 Å². The molecule has 0 aromatic heterocycles. The molecule has 0 bridgehead atoms. The number of rotatable bonds is 6. The first kappa shape index (κ1) is 15.4. The fourth-order valence-electron chi connectivity index (χ4n) is 2.36. The summed E-state index contributed by atoms with van der Waals surface area (Å²) in [5.41, 5.74) is -0.0156. The maximum Gasteiger partial charge on any atom is 0.234 e. The van der Waals surface area contributed by atoms with Crippen LogP contribution in [0.15, 0.2) is 0 Å². The molecule has 1 aliphatic carbocycles. The van der Waals surface area contributed by atoms with E-state index in [0.717, 1.165) is 12.8 Å². The molecule has 0 heterocycles. The van der Waals surface area contributed by atoms with Crippen molar-refractivity contribution in [2.75, 3.05) is 13.7 Å². The quantitative estimate of drug-likeness (QED) is 0.760. The fraction of sp³-hybridized carbons (Fsp3) is 0.929. The summed E-state index contributed by atoms with van der Waals surface area (Å²) in [7, 11) is 1.75. The van der Waals surface area contributed by atoms with Crippen molar-refractivity contribution in [1.82, 2.24) is 10.6 Å². The molecule has 0 aromatic carbocycles. The first-order valence-electron chi connectivity index (χ1n) is 6.80. The molecule has 1 amide bonds. The summed E-state index contributed by atoms with van der Waals surface area (Å²) < 4.78 is 5.40. The van der Waals surface area contributed by atoms with Gasteiger partial charge in [-0.3, -0.25) is 4.79 Å². The Balaban J connectivity index is 2.33. The van der Waals surface area contributed by atoms with Crippen molar-refractivity contribution < 1.29 is 9.53 Å². The number of ether oxygens (including phenoxy) is 1. The van der Waals surface area contributed by atoms with E-state index in [1.54, 1.807) is 7.11 Å². The molecular formula is C14H28N2O2. The topological polar surface area (TPSA) is 50.4 Å². The Bertz CT molecular complexity index is 300. The lowest BCUT2D eigenvalue weighted by Crippen LogP contribution is -2.62. The van der Waals surface area contributed by atoms with Crippen LogP contribution in [0, 0.1) is 5.41 Å². The SMILES string of the molecule is CCC(C)(C)NC(=O)CNC1CC(OC)C1(C)C. The van der Waals surface area contributed by atoms with E-state index in [-0.39, 0.29) is 16.9 Å². The van der Waals surface area contributed by atoms with Crippen LogP contribution < -0.4 is 10.6 Å². The molecule has 0 aliphatic heterocycles. The number of carbonyl (C=O) groups is 1. The predicted molar refractivity (Wildman–Crippen MR) is 73.5 cm³/mol. The molecule has 1 fully saturated rings. The van der Waals surface area contributed by atoms with Gasteiger partial charge in [-0.2, -0.15) is 0 Å². The monoisotopic (exact) mass is 256 g/mol. The first-order chi connectivity index (χ1) is 8.23. The van der Waals surface area contributed by atoms with Crippen molar-refractivity contribution >= 4 is 5.91 Å². The largest absolute Gasteiger partial charge is 0.381 e. The fourth-order valence-corrected chi connectivity index (χ4v) is 2.36. The summed E-state index contributed by atoms with van der Waals surface area (Å²) in [5, 5.41) is 6.36. The highest BCUT2D eigenvalue weighted by atomic mass is 16.5. The van der Waals surface area contributed by atoms with Crippen molar-refractivity contribution in [3.63, 3.8) is 0 Å². The molecular weight excluding hydrogens is 228 g/mol. The average molecular weight is 256 g/mol. The smallest absolute Gasteiger partial charge is 0.234 e. The van der Waals surface area contributed by atoms with Crippen LogP contribution in [0.3, 0.4) is 0 Å². The summed E-state index contributed by atoms with van der Waals surface area (Å²) in [5.74, 6) is 0.0681. The lowest BCUT2D eigenvalue weighted by atomic mass is 9.64. The normalized spacial score (nSPS) is 26.6. The zero-order valence-electron chi connectivity index (χ0n) is 12.6. The summed E-state index contributed by atoms with van der Waals surface area (Å²) in [6, 6.07) is 0.359. The second-order valence-corrected chi connectivity index (χ2v) is 6.50. The summed E-state index contributed by atoms with van der Waals surface area (Å²) >= 11 is 0. The van der Waals surface area contributed by atoms with Gasteiger partial charge in [0.05, 0.1) is 12.6 Å². The Labute approximate surface area is 111 Å². The molecule has 1 rings (SSSR count). The average Bonchev–Trinajstić information content (AvgIpc) is 2.27. The van der Waals surface area contributed by atoms with E-state index in [4.69, 9.17) is 4.74 Å². The molecule has 1 aliphatic rings. The van der Waals surface area contributed by atoms with E-state index >= 15 is 0 Å². The molecule has 1 saturated carbocycles. The van der Waals surface area contributed by atoms with Crippen molar-refractivity contribution in [3.05, 3.63) is 0 Å². The Hall–Kier alpha value is -0.610. The third-order valence-electron chi connectivity index (χ3n) is 4.33. The minimum Gasteiger partial charge on any atom is -0.381 e. The number of methoxy groups -OCH3 is 1. The molecule has 2 N–H and O–H groups in total. The van der Waals surface area contributed by atoms with E-state index in [0.29, 0.717) is 18.7 Å². The Morgan fingerprint density at radius 1 is 1.44 bits per heavy atom. The van der Waals surface area contributed by atoms with Gasteiger partial charge in [0, 0.05) is 24.1 Å². The van der Waals surface area contributed by atoms with Gasteiger partial charge in [-0.25, -0.2) is 0 Å². The molecule has 2 unspecified atom stereocenters. The highest BCUT2D eigenvalue weighted by Crippen LogP contribution is 2.42. The van der Waals surface area contributed by atoms with E-state index in [2.05, 4.69) is 31.4 Å². The van der Waals surface area contributed by atoms with Crippen molar-refractivity contribution in [1.29, 1.82) is 0 Å². The van der Waals surface area contributed by atoms with Crippen molar-refractivity contribution in [2.45, 2.75) is 65.1 Å². The summed E-state index contributed by atoms with van der Waals surface area (Å²) in [4.78, 5) is 11.8. The molecule has 2 atom stereocenters. The van der Waals surface area contributed by atoms with Gasteiger partial charge in [0.25, 0.3) is 0 Å². The maximum atomic E-state index is 11.8. The van der Waals surface area contributed by atoms with E-state index < -0.39 is 0 Å². The lowest BCUT2D eigenvalue weighted by Gasteiger charge is -2.51. The van der Waals surface area contributed by atoms with E-state index in [9.17, 15) is 4.79 Å². The molecule has 0 aromatic rings. The molecule has 106 valence electrons. The number of hydrogen-bond donors (Lipinski definition) is 2. The zero-order valence-corrected chi connectivity index (χ0v) is 12.6.